The van der Waals surface area contributed by atoms with E-state index in [4.69, 9.17) is 10.8 Å². The maximum atomic E-state index is 12.1. The molecule has 8 nitrogen and oxygen atoms in total. The molecule has 1 aromatic carbocycles. The van der Waals surface area contributed by atoms with Gasteiger partial charge in [0.1, 0.15) is 0 Å². The maximum absolute atomic E-state index is 12.1. The molecule has 2 aliphatic rings. The van der Waals surface area contributed by atoms with Gasteiger partial charge in [0, 0.05) is 18.5 Å². The third-order valence-corrected chi connectivity index (χ3v) is 6.57. The number of carboxylic acid groups (broad SMARTS) is 1. The molecule has 1 amide bonds. The molecule has 3 heterocycles. The summed E-state index contributed by atoms with van der Waals surface area (Å²) < 4.78 is 1.93. The lowest BCUT2D eigenvalue weighted by molar-refractivity contribution is -0.138. The molecule has 1 aromatic heterocycles. The third kappa shape index (κ3) is 4.65. The number of nitrogens with zero attached hydrogens (tertiary/aromatic N) is 3. The monoisotopic (exact) mass is 413 g/mol. The van der Waals surface area contributed by atoms with E-state index in [0.717, 1.165) is 55.6 Å². The minimum Gasteiger partial charge on any atom is -0.480 e. The Labute approximate surface area is 176 Å². The second-order valence-electron chi connectivity index (χ2n) is 8.64. The summed E-state index contributed by atoms with van der Waals surface area (Å²) >= 11 is 0. The lowest BCUT2D eigenvalue weighted by atomic mass is 9.91. The lowest BCUT2D eigenvalue weighted by Gasteiger charge is -2.31. The number of likely N-dealkylation sites (tertiary alicyclic amines) is 1. The molecular weight excluding hydrogens is 382 g/mol. The molecule has 2 saturated heterocycles. The molecule has 0 atom stereocenters. The van der Waals surface area contributed by atoms with Gasteiger partial charge < -0.3 is 16.2 Å². The number of hydrogen-bond acceptors (Lipinski definition) is 5. The molecule has 4 rings (SSSR count). The Bertz CT molecular complexity index is 911. The Balaban J connectivity index is 1.51. The van der Waals surface area contributed by atoms with E-state index >= 15 is 0 Å². The van der Waals surface area contributed by atoms with Crippen molar-refractivity contribution >= 4 is 22.8 Å². The molecule has 0 bridgehead atoms. The Morgan fingerprint density at radius 3 is 2.57 bits per heavy atom. The van der Waals surface area contributed by atoms with Crippen LogP contribution >= 0.6 is 0 Å². The average molecular weight is 414 g/mol. The molecule has 2 fully saturated rings. The number of primary amides is 1. The van der Waals surface area contributed by atoms with Crippen LogP contribution < -0.4 is 11.1 Å². The SMILES string of the molecule is NC(=O)c1nn(C2CCN(CC(=O)O)CC2)c2ccc(CCC3CCNCC3)cc12. The number of piperidine rings is 2. The van der Waals surface area contributed by atoms with Crippen molar-refractivity contribution in [2.45, 2.75) is 44.6 Å². The highest BCUT2D eigenvalue weighted by Crippen LogP contribution is 2.29. The molecule has 0 unspecified atom stereocenters. The minimum atomic E-state index is -0.800. The number of amides is 1. The largest absolute Gasteiger partial charge is 0.480 e. The zero-order valence-electron chi connectivity index (χ0n) is 17.3. The predicted molar refractivity (Wildman–Crippen MR) is 115 cm³/mol. The van der Waals surface area contributed by atoms with E-state index in [2.05, 4.69) is 28.6 Å². The Hall–Kier alpha value is -2.45. The molecule has 0 aliphatic carbocycles. The van der Waals surface area contributed by atoms with E-state index in [1.165, 1.54) is 18.4 Å². The van der Waals surface area contributed by atoms with Gasteiger partial charge in [0.25, 0.3) is 5.91 Å². The Morgan fingerprint density at radius 1 is 1.17 bits per heavy atom. The van der Waals surface area contributed by atoms with Gasteiger partial charge in [-0.05, 0) is 75.2 Å². The normalized spacial score (nSPS) is 19.3. The van der Waals surface area contributed by atoms with E-state index in [9.17, 15) is 9.59 Å². The van der Waals surface area contributed by atoms with Crippen molar-refractivity contribution in [1.82, 2.24) is 20.0 Å². The second kappa shape index (κ2) is 9.14. The molecule has 2 aliphatic heterocycles. The number of rotatable bonds is 7. The molecule has 0 spiro atoms. The smallest absolute Gasteiger partial charge is 0.317 e. The van der Waals surface area contributed by atoms with Gasteiger partial charge in [-0.3, -0.25) is 19.2 Å². The number of aliphatic carboxylic acids is 1. The van der Waals surface area contributed by atoms with Crippen LogP contribution in [-0.2, 0) is 11.2 Å². The predicted octanol–water partition coefficient (Wildman–Crippen LogP) is 1.79. The van der Waals surface area contributed by atoms with E-state index in [0.29, 0.717) is 18.8 Å². The van der Waals surface area contributed by atoms with Crippen LogP contribution in [0.4, 0.5) is 0 Å². The number of nitrogens with two attached hydrogens (primary N) is 1. The Kier molecular flexibility index (Phi) is 6.34. The second-order valence-corrected chi connectivity index (χ2v) is 8.64. The van der Waals surface area contributed by atoms with Crippen molar-refractivity contribution in [1.29, 1.82) is 0 Å². The topological polar surface area (TPSA) is 113 Å². The Morgan fingerprint density at radius 2 is 1.90 bits per heavy atom. The molecule has 2 aromatic rings. The van der Waals surface area contributed by atoms with Gasteiger partial charge in [-0.2, -0.15) is 5.10 Å². The molecule has 162 valence electrons. The zero-order valence-corrected chi connectivity index (χ0v) is 17.3. The number of aromatic nitrogens is 2. The van der Waals surface area contributed by atoms with E-state index in [-0.39, 0.29) is 12.6 Å². The summed E-state index contributed by atoms with van der Waals surface area (Å²) in [4.78, 5) is 25.0. The van der Waals surface area contributed by atoms with Crippen LogP contribution in [0.3, 0.4) is 0 Å². The standard InChI is InChI=1S/C22H31N5O3/c23-22(30)21-18-13-16(2-1-15-5-9-24-10-6-15)3-4-19(18)27(25-21)17-7-11-26(12-8-17)14-20(28)29/h3-4,13,15,17,24H,1-2,5-12,14H2,(H2,23,30)(H,28,29). The van der Waals surface area contributed by atoms with Crippen LogP contribution in [0.25, 0.3) is 10.9 Å². The molecule has 30 heavy (non-hydrogen) atoms. The number of carbonyl (C=O) groups excluding carboxylic acids is 1. The van der Waals surface area contributed by atoms with E-state index in [1.54, 1.807) is 0 Å². The van der Waals surface area contributed by atoms with Gasteiger partial charge in [-0.15, -0.1) is 0 Å². The first kappa shape index (κ1) is 20.8. The summed E-state index contributed by atoms with van der Waals surface area (Å²) in [5.74, 6) is -0.542. The van der Waals surface area contributed by atoms with Crippen molar-refractivity contribution in [3.63, 3.8) is 0 Å². The fourth-order valence-corrected chi connectivity index (χ4v) is 4.86. The van der Waals surface area contributed by atoms with Crippen LogP contribution in [0.2, 0.25) is 0 Å². The molecular formula is C22H31N5O3. The van der Waals surface area contributed by atoms with Crippen LogP contribution in [-0.4, -0.2) is 64.4 Å². The number of nitrogens with one attached hydrogen (secondary N) is 1. The summed E-state index contributed by atoms with van der Waals surface area (Å²) in [7, 11) is 0. The average Bonchev–Trinajstić information content (AvgIpc) is 3.12. The highest BCUT2D eigenvalue weighted by Gasteiger charge is 2.26. The molecule has 4 N–H and O–H groups in total. The fourth-order valence-electron chi connectivity index (χ4n) is 4.86. The van der Waals surface area contributed by atoms with Crippen molar-refractivity contribution in [2.24, 2.45) is 11.7 Å². The van der Waals surface area contributed by atoms with Crippen LogP contribution in [0.5, 0.6) is 0 Å². The first-order chi connectivity index (χ1) is 14.5. The van der Waals surface area contributed by atoms with Crippen LogP contribution in [0.1, 0.15) is 54.2 Å². The van der Waals surface area contributed by atoms with Gasteiger partial charge in [0.2, 0.25) is 0 Å². The number of benzene rings is 1. The quantitative estimate of drug-likeness (QED) is 0.638. The fraction of sp³-hybridized carbons (Fsp3) is 0.591. The summed E-state index contributed by atoms with van der Waals surface area (Å²) in [5, 5.41) is 17.8. The maximum Gasteiger partial charge on any atom is 0.317 e. The number of carbonyl (C=O) groups is 2. The lowest BCUT2D eigenvalue weighted by Crippen LogP contribution is -2.38. The third-order valence-electron chi connectivity index (χ3n) is 6.57. The minimum absolute atomic E-state index is 0.0690. The van der Waals surface area contributed by atoms with Gasteiger partial charge in [0.15, 0.2) is 5.69 Å². The highest BCUT2D eigenvalue weighted by atomic mass is 16.4. The highest BCUT2D eigenvalue weighted by molar-refractivity contribution is 6.04. The van der Waals surface area contributed by atoms with Gasteiger partial charge in [0.05, 0.1) is 18.1 Å². The molecule has 0 saturated carbocycles. The summed E-state index contributed by atoms with van der Waals surface area (Å²) in [6.45, 7) is 3.69. The van der Waals surface area contributed by atoms with E-state index < -0.39 is 11.9 Å². The van der Waals surface area contributed by atoms with Crippen molar-refractivity contribution in [2.75, 3.05) is 32.7 Å². The van der Waals surface area contributed by atoms with Gasteiger partial charge >= 0.3 is 5.97 Å². The van der Waals surface area contributed by atoms with Crippen LogP contribution in [0.15, 0.2) is 18.2 Å². The number of hydrogen-bond donors (Lipinski definition) is 3. The van der Waals surface area contributed by atoms with Gasteiger partial charge in [-0.25, -0.2) is 0 Å². The van der Waals surface area contributed by atoms with Gasteiger partial charge in [-0.1, -0.05) is 6.07 Å². The summed E-state index contributed by atoms with van der Waals surface area (Å²) in [5.41, 5.74) is 8.14. The summed E-state index contributed by atoms with van der Waals surface area (Å²) in [6, 6.07) is 6.44. The van der Waals surface area contributed by atoms with E-state index in [1.807, 2.05) is 9.58 Å². The van der Waals surface area contributed by atoms with Crippen molar-refractivity contribution in [3.05, 3.63) is 29.5 Å². The zero-order chi connectivity index (χ0) is 21.1. The molecule has 0 radical (unpaired) electrons. The van der Waals surface area contributed by atoms with Crippen molar-refractivity contribution in [3.8, 4) is 0 Å². The summed E-state index contributed by atoms with van der Waals surface area (Å²) in [6.07, 6.45) is 6.23. The first-order valence-electron chi connectivity index (χ1n) is 11.0. The first-order valence-corrected chi connectivity index (χ1v) is 11.0. The van der Waals surface area contributed by atoms with Crippen molar-refractivity contribution < 1.29 is 14.7 Å². The number of fused-ring (bicyclic) bond motifs is 1. The molecule has 8 heteroatoms. The number of carboxylic acids is 1. The van der Waals surface area contributed by atoms with Crippen LogP contribution in [0, 0.1) is 5.92 Å². The number of aryl methyl sites for hydroxylation is 1.